The number of allylic oxidation sites excluding steroid dienone is 2. The molecule has 0 aliphatic carbocycles. The summed E-state index contributed by atoms with van der Waals surface area (Å²) in [5, 5.41) is 19.6. The van der Waals surface area contributed by atoms with Crippen LogP contribution in [0.25, 0.3) is 6.08 Å². The van der Waals surface area contributed by atoms with Crippen LogP contribution in [0.3, 0.4) is 0 Å². The largest absolute Gasteiger partial charge is 0.733 e. The molecule has 154 valence electrons. The van der Waals surface area contributed by atoms with Gasteiger partial charge in [-0.2, -0.15) is 0 Å². The van der Waals surface area contributed by atoms with Gasteiger partial charge in [-0.25, -0.2) is 0 Å². The predicted molar refractivity (Wildman–Crippen MR) is 110 cm³/mol. The SMILES string of the molecule is COc1oc([C@H]2CC(=CC(C)=Cc3ccc(N([O-])O)cc3)CO2)c(C)c(=O)c1C. The van der Waals surface area contributed by atoms with Crippen molar-refractivity contribution in [1.29, 1.82) is 0 Å². The Morgan fingerprint density at radius 3 is 2.59 bits per heavy atom. The molecule has 7 heteroatoms. The summed E-state index contributed by atoms with van der Waals surface area (Å²) in [4.78, 5) is 12.4. The minimum atomic E-state index is -0.330. The van der Waals surface area contributed by atoms with Crippen molar-refractivity contribution in [3.8, 4) is 5.95 Å². The highest BCUT2D eigenvalue weighted by Crippen LogP contribution is 2.35. The minimum absolute atomic E-state index is 0.0943. The van der Waals surface area contributed by atoms with E-state index in [1.165, 1.54) is 7.11 Å². The van der Waals surface area contributed by atoms with Gasteiger partial charge in [0.2, 0.25) is 0 Å². The molecule has 1 saturated heterocycles. The first kappa shape index (κ1) is 20.9. The van der Waals surface area contributed by atoms with E-state index in [0.717, 1.165) is 16.7 Å². The van der Waals surface area contributed by atoms with Gasteiger partial charge < -0.3 is 24.3 Å². The molecule has 0 unspecified atom stereocenters. The first-order valence-electron chi connectivity index (χ1n) is 9.24. The summed E-state index contributed by atoms with van der Waals surface area (Å²) in [5.41, 5.74) is 4.08. The van der Waals surface area contributed by atoms with Crippen LogP contribution < -0.4 is 15.4 Å². The molecule has 0 spiro atoms. The predicted octanol–water partition coefficient (Wildman–Crippen LogP) is 4.45. The molecule has 1 aromatic heterocycles. The molecule has 0 bridgehead atoms. The Balaban J connectivity index is 1.77. The summed E-state index contributed by atoms with van der Waals surface area (Å²) >= 11 is 0. The van der Waals surface area contributed by atoms with Crippen LogP contribution in [-0.2, 0) is 4.74 Å². The van der Waals surface area contributed by atoms with Crippen molar-refractivity contribution in [3.63, 3.8) is 0 Å². The molecule has 0 saturated carbocycles. The van der Waals surface area contributed by atoms with E-state index in [4.69, 9.17) is 19.1 Å². The van der Waals surface area contributed by atoms with Gasteiger partial charge in [-0.1, -0.05) is 29.9 Å². The normalized spacial score (nSPS) is 18.3. The number of ether oxygens (including phenoxy) is 2. The van der Waals surface area contributed by atoms with Gasteiger partial charge in [0.05, 0.1) is 25.0 Å². The summed E-state index contributed by atoms with van der Waals surface area (Å²) in [6.45, 7) is 5.84. The Kier molecular flexibility index (Phi) is 6.22. The van der Waals surface area contributed by atoms with Crippen LogP contribution in [0.1, 0.15) is 41.9 Å². The molecule has 1 aliphatic heterocycles. The van der Waals surface area contributed by atoms with E-state index >= 15 is 0 Å². The number of anilines is 1. The van der Waals surface area contributed by atoms with Crippen molar-refractivity contribution >= 4 is 11.8 Å². The average molecular weight is 398 g/mol. The molecule has 0 radical (unpaired) electrons. The van der Waals surface area contributed by atoms with Gasteiger partial charge in [0, 0.05) is 12.0 Å². The second kappa shape index (κ2) is 8.65. The molecule has 2 aromatic rings. The summed E-state index contributed by atoms with van der Waals surface area (Å²) in [5.74, 6) is 0.722. The molecule has 0 amide bonds. The standard InChI is InChI=1S/C22H24NO6/c1-13(9-16-5-7-18(8-6-16)23(25)26)10-17-11-19(28-12-17)21-14(2)20(24)15(3)22(27-4)29-21/h5-10,19,25H,11-12H2,1-4H3/q-1/t19-/m1/s1. The molecule has 1 aromatic carbocycles. The van der Waals surface area contributed by atoms with Crippen molar-refractivity contribution in [2.75, 3.05) is 18.9 Å². The maximum Gasteiger partial charge on any atom is 0.291 e. The van der Waals surface area contributed by atoms with Gasteiger partial charge in [-0.15, -0.1) is 0 Å². The van der Waals surface area contributed by atoms with E-state index in [0.29, 0.717) is 29.9 Å². The van der Waals surface area contributed by atoms with E-state index in [-0.39, 0.29) is 28.4 Å². The van der Waals surface area contributed by atoms with Crippen molar-refractivity contribution in [3.05, 3.63) is 79.4 Å². The van der Waals surface area contributed by atoms with Crippen LogP contribution in [0.2, 0.25) is 0 Å². The zero-order valence-electron chi connectivity index (χ0n) is 16.9. The topological polar surface area (TPSA) is 95.2 Å². The Bertz CT molecular complexity index is 1000. The van der Waals surface area contributed by atoms with Gasteiger partial charge in [0.25, 0.3) is 5.95 Å². The number of hydrogen-bond donors (Lipinski definition) is 1. The third kappa shape index (κ3) is 4.59. The molecule has 3 rings (SSSR count). The first-order chi connectivity index (χ1) is 13.8. The molecule has 29 heavy (non-hydrogen) atoms. The second-order valence-electron chi connectivity index (χ2n) is 7.10. The van der Waals surface area contributed by atoms with Crippen molar-refractivity contribution in [1.82, 2.24) is 0 Å². The van der Waals surface area contributed by atoms with Gasteiger partial charge in [0.15, 0.2) is 5.43 Å². The van der Waals surface area contributed by atoms with Gasteiger partial charge in [0.1, 0.15) is 11.9 Å². The fourth-order valence-corrected chi connectivity index (χ4v) is 3.40. The lowest BCUT2D eigenvalue weighted by Gasteiger charge is -2.21. The van der Waals surface area contributed by atoms with Crippen LogP contribution in [0.15, 0.2) is 50.7 Å². The van der Waals surface area contributed by atoms with E-state index in [9.17, 15) is 10.0 Å². The molecule has 1 N–H and O–H groups in total. The summed E-state index contributed by atoms with van der Waals surface area (Å²) in [7, 11) is 1.47. The van der Waals surface area contributed by atoms with Crippen LogP contribution >= 0.6 is 0 Å². The third-order valence-electron chi connectivity index (χ3n) is 4.90. The Morgan fingerprint density at radius 1 is 1.28 bits per heavy atom. The maximum absolute atomic E-state index is 12.4. The zero-order valence-corrected chi connectivity index (χ0v) is 16.9. The van der Waals surface area contributed by atoms with Gasteiger partial charge in [-0.3, -0.25) is 10.0 Å². The molecule has 1 fully saturated rings. The Hall–Kier alpha value is -2.87. The van der Waals surface area contributed by atoms with E-state index in [1.54, 1.807) is 38.1 Å². The number of rotatable bonds is 5. The highest BCUT2D eigenvalue weighted by Gasteiger charge is 2.28. The summed E-state index contributed by atoms with van der Waals surface area (Å²) in [6.07, 6.45) is 4.30. The summed E-state index contributed by atoms with van der Waals surface area (Å²) in [6, 6.07) is 6.60. The van der Waals surface area contributed by atoms with E-state index in [1.807, 2.05) is 19.1 Å². The Labute approximate surface area is 169 Å². The maximum atomic E-state index is 12.4. The van der Waals surface area contributed by atoms with E-state index in [2.05, 4.69) is 0 Å². The highest BCUT2D eigenvalue weighted by molar-refractivity contribution is 5.59. The van der Waals surface area contributed by atoms with Crippen LogP contribution in [-0.4, -0.2) is 18.9 Å². The number of methoxy groups -OCH3 is 1. The fourth-order valence-electron chi connectivity index (χ4n) is 3.40. The highest BCUT2D eigenvalue weighted by atomic mass is 16.8. The quantitative estimate of drug-likeness (QED) is 0.743. The van der Waals surface area contributed by atoms with Crippen molar-refractivity contribution in [2.24, 2.45) is 0 Å². The monoisotopic (exact) mass is 398 g/mol. The van der Waals surface area contributed by atoms with Gasteiger partial charge in [-0.05, 0) is 44.0 Å². The lowest BCUT2D eigenvalue weighted by molar-refractivity contribution is 0.0880. The lowest BCUT2D eigenvalue weighted by atomic mass is 10.0. The van der Waals surface area contributed by atoms with Crippen LogP contribution in [0.4, 0.5) is 5.69 Å². The lowest BCUT2D eigenvalue weighted by Crippen LogP contribution is -2.15. The fraction of sp³-hybridized carbons (Fsp3) is 0.318. The first-order valence-corrected chi connectivity index (χ1v) is 9.24. The third-order valence-corrected chi connectivity index (χ3v) is 4.90. The Morgan fingerprint density at radius 2 is 1.97 bits per heavy atom. The van der Waals surface area contributed by atoms with Gasteiger partial charge >= 0.3 is 0 Å². The van der Waals surface area contributed by atoms with Crippen LogP contribution in [0.5, 0.6) is 5.95 Å². The minimum Gasteiger partial charge on any atom is -0.733 e. The zero-order chi connectivity index (χ0) is 21.1. The second-order valence-corrected chi connectivity index (χ2v) is 7.10. The molecule has 2 heterocycles. The van der Waals surface area contributed by atoms with Crippen LogP contribution in [0, 0.1) is 19.1 Å². The number of hydrogen-bond acceptors (Lipinski definition) is 7. The molecule has 1 atom stereocenters. The summed E-state index contributed by atoms with van der Waals surface area (Å²) < 4.78 is 16.8. The van der Waals surface area contributed by atoms with E-state index < -0.39 is 0 Å². The van der Waals surface area contributed by atoms with Crippen molar-refractivity contribution in [2.45, 2.75) is 33.3 Å². The number of benzene rings is 1. The molecular weight excluding hydrogens is 374 g/mol. The smallest absolute Gasteiger partial charge is 0.291 e. The molecule has 1 aliphatic rings. The number of nitrogens with zero attached hydrogens (tertiary/aromatic N) is 1. The van der Waals surface area contributed by atoms with Crippen molar-refractivity contribution < 1.29 is 19.1 Å². The molecule has 7 nitrogen and oxygen atoms in total. The average Bonchev–Trinajstić information content (AvgIpc) is 3.14. The molecular formula is C22H24NO6-.